The maximum Gasteiger partial charge on any atom is 0.0631 e. The van der Waals surface area contributed by atoms with E-state index >= 15 is 0 Å². The smallest absolute Gasteiger partial charge is 0.0631 e. The first-order chi connectivity index (χ1) is 7.33. The van der Waals surface area contributed by atoms with Gasteiger partial charge in [0.25, 0.3) is 0 Å². The van der Waals surface area contributed by atoms with Crippen molar-refractivity contribution in [2.24, 2.45) is 17.3 Å². The third-order valence-electron chi connectivity index (χ3n) is 3.87. The van der Waals surface area contributed by atoms with E-state index in [-0.39, 0.29) is 11.5 Å². The minimum Gasteiger partial charge on any atom is -0.392 e. The number of hydrogen-bond acceptors (Lipinski definition) is 2. The number of aliphatic hydroxyl groups excluding tert-OH is 1. The quantitative estimate of drug-likeness (QED) is 0.798. The SMILES string of the molecule is CC(C)CN(C)CC1CCCC(C)(C)C1O. The van der Waals surface area contributed by atoms with Crippen LogP contribution in [0.4, 0.5) is 0 Å². The molecule has 0 aromatic carbocycles. The van der Waals surface area contributed by atoms with Crippen LogP contribution in [0.25, 0.3) is 0 Å². The van der Waals surface area contributed by atoms with Gasteiger partial charge in [-0.1, -0.05) is 34.1 Å². The van der Waals surface area contributed by atoms with E-state index in [0.29, 0.717) is 11.8 Å². The van der Waals surface area contributed by atoms with Crippen molar-refractivity contribution in [2.45, 2.75) is 53.1 Å². The first-order valence-corrected chi connectivity index (χ1v) is 6.69. The monoisotopic (exact) mass is 227 g/mol. The van der Waals surface area contributed by atoms with Crippen LogP contribution in [-0.4, -0.2) is 36.2 Å². The molecule has 1 saturated carbocycles. The molecule has 0 aromatic heterocycles. The van der Waals surface area contributed by atoms with Gasteiger partial charge in [0.15, 0.2) is 0 Å². The number of nitrogens with zero attached hydrogens (tertiary/aromatic N) is 1. The van der Waals surface area contributed by atoms with Gasteiger partial charge in [-0.2, -0.15) is 0 Å². The van der Waals surface area contributed by atoms with Gasteiger partial charge in [0.2, 0.25) is 0 Å². The Kier molecular flexibility index (Phi) is 4.81. The van der Waals surface area contributed by atoms with Gasteiger partial charge in [0.1, 0.15) is 0 Å². The molecule has 0 amide bonds. The fourth-order valence-electron chi connectivity index (χ4n) is 3.05. The molecule has 1 rings (SSSR count). The zero-order chi connectivity index (χ0) is 12.3. The summed E-state index contributed by atoms with van der Waals surface area (Å²) in [5, 5.41) is 10.4. The van der Waals surface area contributed by atoms with Gasteiger partial charge < -0.3 is 10.0 Å². The molecule has 0 heterocycles. The molecular formula is C14H29NO. The number of aliphatic hydroxyl groups is 1. The lowest BCUT2D eigenvalue weighted by atomic mass is 9.69. The fourth-order valence-corrected chi connectivity index (χ4v) is 3.05. The van der Waals surface area contributed by atoms with Gasteiger partial charge in [0, 0.05) is 13.1 Å². The molecule has 2 atom stereocenters. The van der Waals surface area contributed by atoms with E-state index in [1.165, 1.54) is 19.3 Å². The second kappa shape index (κ2) is 5.50. The van der Waals surface area contributed by atoms with Crippen LogP contribution in [0.5, 0.6) is 0 Å². The van der Waals surface area contributed by atoms with Crippen LogP contribution in [0.2, 0.25) is 0 Å². The minimum absolute atomic E-state index is 0.113. The second-order valence-corrected chi connectivity index (χ2v) is 6.70. The summed E-state index contributed by atoms with van der Waals surface area (Å²) in [7, 11) is 2.17. The van der Waals surface area contributed by atoms with E-state index in [9.17, 15) is 5.11 Å². The van der Waals surface area contributed by atoms with Gasteiger partial charge in [0.05, 0.1) is 6.10 Å². The van der Waals surface area contributed by atoms with Gasteiger partial charge in [-0.05, 0) is 37.1 Å². The molecule has 0 spiro atoms. The highest BCUT2D eigenvalue weighted by atomic mass is 16.3. The van der Waals surface area contributed by atoms with E-state index < -0.39 is 0 Å². The van der Waals surface area contributed by atoms with Crippen molar-refractivity contribution >= 4 is 0 Å². The first kappa shape index (κ1) is 14.0. The molecule has 0 bridgehead atoms. The normalized spacial score (nSPS) is 30.0. The number of rotatable bonds is 4. The molecule has 2 heteroatoms. The molecule has 16 heavy (non-hydrogen) atoms. The molecule has 1 N–H and O–H groups in total. The molecule has 0 aliphatic heterocycles. The van der Waals surface area contributed by atoms with Crippen LogP contribution in [0.15, 0.2) is 0 Å². The van der Waals surface area contributed by atoms with Crippen molar-refractivity contribution in [2.75, 3.05) is 20.1 Å². The van der Waals surface area contributed by atoms with Crippen LogP contribution in [0.3, 0.4) is 0 Å². The standard InChI is InChI=1S/C14H29NO/c1-11(2)9-15(5)10-12-7-6-8-14(3,4)13(12)16/h11-13,16H,6-10H2,1-5H3. The Morgan fingerprint density at radius 3 is 2.56 bits per heavy atom. The van der Waals surface area contributed by atoms with Crippen molar-refractivity contribution < 1.29 is 5.11 Å². The summed E-state index contributed by atoms with van der Waals surface area (Å²) in [4.78, 5) is 2.37. The minimum atomic E-state index is -0.129. The topological polar surface area (TPSA) is 23.5 Å². The third-order valence-corrected chi connectivity index (χ3v) is 3.87. The van der Waals surface area contributed by atoms with Crippen molar-refractivity contribution in [1.29, 1.82) is 0 Å². The molecule has 0 saturated heterocycles. The van der Waals surface area contributed by atoms with Crippen molar-refractivity contribution in [3.63, 3.8) is 0 Å². The zero-order valence-electron chi connectivity index (χ0n) is 11.7. The average molecular weight is 227 g/mol. The molecule has 96 valence electrons. The molecule has 0 radical (unpaired) electrons. The van der Waals surface area contributed by atoms with Crippen LogP contribution < -0.4 is 0 Å². The largest absolute Gasteiger partial charge is 0.392 e. The average Bonchev–Trinajstić information content (AvgIpc) is 2.11. The fraction of sp³-hybridized carbons (Fsp3) is 1.00. The molecule has 2 unspecified atom stereocenters. The van der Waals surface area contributed by atoms with E-state index in [1.54, 1.807) is 0 Å². The molecule has 1 fully saturated rings. The summed E-state index contributed by atoms with van der Waals surface area (Å²) in [6.45, 7) is 11.1. The molecule has 0 aromatic rings. The molecule has 2 nitrogen and oxygen atoms in total. The second-order valence-electron chi connectivity index (χ2n) is 6.70. The van der Waals surface area contributed by atoms with Crippen LogP contribution in [0.1, 0.15) is 47.0 Å². The van der Waals surface area contributed by atoms with Crippen LogP contribution in [-0.2, 0) is 0 Å². The first-order valence-electron chi connectivity index (χ1n) is 6.69. The van der Waals surface area contributed by atoms with E-state index in [0.717, 1.165) is 13.1 Å². The Bertz CT molecular complexity index is 213. The van der Waals surface area contributed by atoms with Crippen LogP contribution in [0, 0.1) is 17.3 Å². The van der Waals surface area contributed by atoms with Gasteiger partial charge in [-0.15, -0.1) is 0 Å². The lowest BCUT2D eigenvalue weighted by molar-refractivity contribution is -0.0415. The Morgan fingerprint density at radius 1 is 1.38 bits per heavy atom. The van der Waals surface area contributed by atoms with Crippen LogP contribution >= 0.6 is 0 Å². The summed E-state index contributed by atoms with van der Waals surface area (Å²) >= 11 is 0. The van der Waals surface area contributed by atoms with E-state index in [4.69, 9.17) is 0 Å². The third kappa shape index (κ3) is 3.74. The summed E-state index contributed by atoms with van der Waals surface area (Å²) in [5.74, 6) is 1.17. The Balaban J connectivity index is 2.47. The highest BCUT2D eigenvalue weighted by molar-refractivity contribution is 4.89. The predicted molar refractivity (Wildman–Crippen MR) is 69.5 cm³/mol. The van der Waals surface area contributed by atoms with Gasteiger partial charge >= 0.3 is 0 Å². The predicted octanol–water partition coefficient (Wildman–Crippen LogP) is 2.76. The highest BCUT2D eigenvalue weighted by Gasteiger charge is 2.37. The summed E-state index contributed by atoms with van der Waals surface area (Å²) in [5.41, 5.74) is 0.113. The molecule has 1 aliphatic rings. The molecular weight excluding hydrogens is 198 g/mol. The lowest BCUT2D eigenvalue weighted by Crippen LogP contribution is -2.44. The molecule has 1 aliphatic carbocycles. The summed E-state index contributed by atoms with van der Waals surface area (Å²) in [6.07, 6.45) is 3.49. The van der Waals surface area contributed by atoms with Gasteiger partial charge in [-0.25, -0.2) is 0 Å². The van der Waals surface area contributed by atoms with Gasteiger partial charge in [-0.3, -0.25) is 0 Å². The lowest BCUT2D eigenvalue weighted by Gasteiger charge is -2.42. The Morgan fingerprint density at radius 2 is 2.00 bits per heavy atom. The summed E-state index contributed by atoms with van der Waals surface area (Å²) in [6, 6.07) is 0. The maximum atomic E-state index is 10.4. The maximum absolute atomic E-state index is 10.4. The van der Waals surface area contributed by atoms with E-state index in [1.807, 2.05) is 0 Å². The van der Waals surface area contributed by atoms with Crippen molar-refractivity contribution in [3.05, 3.63) is 0 Å². The Labute approximate surface area is 101 Å². The van der Waals surface area contributed by atoms with Crippen molar-refractivity contribution in [3.8, 4) is 0 Å². The summed E-state index contributed by atoms with van der Waals surface area (Å²) < 4.78 is 0. The van der Waals surface area contributed by atoms with E-state index in [2.05, 4.69) is 39.6 Å². The number of hydrogen-bond donors (Lipinski definition) is 1. The van der Waals surface area contributed by atoms with Crippen molar-refractivity contribution in [1.82, 2.24) is 4.90 Å². The highest BCUT2D eigenvalue weighted by Crippen LogP contribution is 2.39. The zero-order valence-corrected chi connectivity index (χ0v) is 11.7. The Hall–Kier alpha value is -0.0800.